The highest BCUT2D eigenvalue weighted by Crippen LogP contribution is 2.21. The molecule has 1 aromatic heterocycles. The maximum atomic E-state index is 5.84. The zero-order valence-corrected chi connectivity index (χ0v) is 9.91. The minimum absolute atomic E-state index is 0.508. The van der Waals surface area contributed by atoms with Crippen LogP contribution in [0.15, 0.2) is 30.3 Å². The first-order chi connectivity index (χ1) is 7.74. The van der Waals surface area contributed by atoms with Crippen LogP contribution in [0.4, 0.5) is 0 Å². The van der Waals surface area contributed by atoms with Gasteiger partial charge in [-0.1, -0.05) is 23.7 Å². The van der Waals surface area contributed by atoms with Crippen LogP contribution in [0.5, 0.6) is 0 Å². The number of nitrogens with zero attached hydrogens (tertiary/aromatic N) is 2. The van der Waals surface area contributed by atoms with Gasteiger partial charge in [-0.15, -0.1) is 0 Å². The lowest BCUT2D eigenvalue weighted by molar-refractivity contribution is 0.624. The van der Waals surface area contributed by atoms with Crippen molar-refractivity contribution < 1.29 is 0 Å². The summed E-state index contributed by atoms with van der Waals surface area (Å²) in [7, 11) is 0. The van der Waals surface area contributed by atoms with Crippen LogP contribution in [0.1, 0.15) is 12.6 Å². The predicted molar refractivity (Wildman–Crippen MR) is 66.2 cm³/mol. The maximum absolute atomic E-state index is 5.84. The third-order valence-electron chi connectivity index (χ3n) is 2.51. The number of aromatic nitrogens is 2. The molecule has 0 saturated heterocycles. The van der Waals surface area contributed by atoms with Gasteiger partial charge in [0.1, 0.15) is 0 Å². The average Bonchev–Trinajstić information content (AvgIpc) is 2.73. The Hall–Kier alpha value is -1.32. The summed E-state index contributed by atoms with van der Waals surface area (Å²) in [5, 5.41) is 5.23. The number of rotatable bonds is 3. The molecule has 84 valence electrons. The highest BCUT2D eigenvalue weighted by molar-refractivity contribution is 6.30. The van der Waals surface area contributed by atoms with Gasteiger partial charge < -0.3 is 5.73 Å². The molecule has 2 aromatic rings. The molecule has 1 heterocycles. The monoisotopic (exact) mass is 235 g/mol. The van der Waals surface area contributed by atoms with E-state index in [2.05, 4.69) is 12.0 Å². The summed E-state index contributed by atoms with van der Waals surface area (Å²) >= 11 is 5.84. The van der Waals surface area contributed by atoms with Gasteiger partial charge >= 0.3 is 0 Å². The second kappa shape index (κ2) is 4.68. The Labute approximate surface area is 99.8 Å². The first-order valence-electron chi connectivity index (χ1n) is 5.27. The molecule has 0 aliphatic carbocycles. The lowest BCUT2D eigenvalue weighted by Gasteiger charge is -1.99. The van der Waals surface area contributed by atoms with Crippen LogP contribution in [0.3, 0.4) is 0 Å². The van der Waals surface area contributed by atoms with Gasteiger partial charge in [-0.2, -0.15) is 5.10 Å². The van der Waals surface area contributed by atoms with Gasteiger partial charge in [0.2, 0.25) is 0 Å². The van der Waals surface area contributed by atoms with Gasteiger partial charge in [0.15, 0.2) is 0 Å². The summed E-state index contributed by atoms with van der Waals surface area (Å²) < 4.78 is 1.92. The zero-order chi connectivity index (χ0) is 11.5. The Kier molecular flexibility index (Phi) is 3.27. The van der Waals surface area contributed by atoms with Crippen molar-refractivity contribution in [3.8, 4) is 11.3 Å². The van der Waals surface area contributed by atoms with Crippen LogP contribution in [-0.2, 0) is 13.1 Å². The Morgan fingerprint density at radius 3 is 2.50 bits per heavy atom. The van der Waals surface area contributed by atoms with Crippen LogP contribution in [0.2, 0.25) is 5.02 Å². The molecule has 0 bridgehead atoms. The second-order valence-corrected chi connectivity index (χ2v) is 3.98. The minimum atomic E-state index is 0.508. The predicted octanol–water partition coefficient (Wildman–Crippen LogP) is 2.68. The number of hydrogen-bond acceptors (Lipinski definition) is 2. The molecule has 0 spiro atoms. The minimum Gasteiger partial charge on any atom is -0.325 e. The number of hydrogen-bond donors (Lipinski definition) is 1. The summed E-state index contributed by atoms with van der Waals surface area (Å²) in [4.78, 5) is 0. The van der Waals surface area contributed by atoms with Gasteiger partial charge in [0.05, 0.1) is 11.4 Å². The van der Waals surface area contributed by atoms with Crippen LogP contribution in [0.25, 0.3) is 11.3 Å². The van der Waals surface area contributed by atoms with E-state index < -0.39 is 0 Å². The number of benzene rings is 1. The quantitative estimate of drug-likeness (QED) is 0.889. The number of nitrogens with two attached hydrogens (primary N) is 1. The highest BCUT2D eigenvalue weighted by atomic mass is 35.5. The van der Waals surface area contributed by atoms with Crippen molar-refractivity contribution in [2.24, 2.45) is 5.73 Å². The van der Waals surface area contributed by atoms with Crippen LogP contribution in [0, 0.1) is 0 Å². The van der Waals surface area contributed by atoms with Crippen molar-refractivity contribution in [1.82, 2.24) is 9.78 Å². The van der Waals surface area contributed by atoms with Crippen molar-refractivity contribution in [2.45, 2.75) is 20.0 Å². The molecule has 0 saturated carbocycles. The molecule has 4 heteroatoms. The fourth-order valence-electron chi connectivity index (χ4n) is 1.66. The van der Waals surface area contributed by atoms with E-state index in [-0.39, 0.29) is 0 Å². The van der Waals surface area contributed by atoms with E-state index >= 15 is 0 Å². The average molecular weight is 236 g/mol. The molecule has 0 fully saturated rings. The standard InChI is InChI=1S/C12H14ClN3/c1-2-16-11(8-14)7-12(15-16)9-3-5-10(13)6-4-9/h3-7H,2,8,14H2,1H3. The van der Waals surface area contributed by atoms with Gasteiger partial charge in [-0.05, 0) is 25.1 Å². The van der Waals surface area contributed by atoms with Crippen LogP contribution < -0.4 is 5.73 Å². The van der Waals surface area contributed by atoms with E-state index in [0.29, 0.717) is 6.54 Å². The normalized spacial score (nSPS) is 10.7. The van der Waals surface area contributed by atoms with E-state index in [9.17, 15) is 0 Å². The zero-order valence-electron chi connectivity index (χ0n) is 9.15. The lowest BCUT2D eigenvalue weighted by atomic mass is 10.1. The lowest BCUT2D eigenvalue weighted by Crippen LogP contribution is -2.06. The Morgan fingerprint density at radius 2 is 2.00 bits per heavy atom. The van der Waals surface area contributed by atoms with Gasteiger partial charge in [-0.25, -0.2) is 0 Å². The van der Waals surface area contributed by atoms with Gasteiger partial charge in [-0.3, -0.25) is 4.68 Å². The van der Waals surface area contributed by atoms with Crippen molar-refractivity contribution >= 4 is 11.6 Å². The molecule has 2 rings (SSSR count). The Balaban J connectivity index is 2.40. The van der Waals surface area contributed by atoms with Crippen LogP contribution >= 0.6 is 11.6 Å². The van der Waals surface area contributed by atoms with E-state index in [4.69, 9.17) is 17.3 Å². The number of halogens is 1. The fraction of sp³-hybridized carbons (Fsp3) is 0.250. The topological polar surface area (TPSA) is 43.8 Å². The largest absolute Gasteiger partial charge is 0.325 e. The first-order valence-corrected chi connectivity index (χ1v) is 5.65. The van der Waals surface area contributed by atoms with Crippen molar-refractivity contribution in [3.63, 3.8) is 0 Å². The molecule has 0 aliphatic rings. The van der Waals surface area contributed by atoms with Gasteiger partial charge in [0.25, 0.3) is 0 Å². The molecule has 16 heavy (non-hydrogen) atoms. The van der Waals surface area contributed by atoms with E-state index in [1.54, 1.807) is 0 Å². The van der Waals surface area contributed by atoms with E-state index in [1.165, 1.54) is 0 Å². The Bertz CT molecular complexity index is 452. The van der Waals surface area contributed by atoms with E-state index in [1.807, 2.05) is 35.0 Å². The van der Waals surface area contributed by atoms with Crippen LogP contribution in [-0.4, -0.2) is 9.78 Å². The molecule has 0 amide bonds. The molecular formula is C12H14ClN3. The molecule has 3 nitrogen and oxygen atoms in total. The molecule has 1 aromatic carbocycles. The summed E-state index contributed by atoms with van der Waals surface area (Å²) in [6.07, 6.45) is 0. The Morgan fingerprint density at radius 1 is 1.31 bits per heavy atom. The van der Waals surface area contributed by atoms with Crippen molar-refractivity contribution in [3.05, 3.63) is 41.0 Å². The molecule has 2 N–H and O–H groups in total. The third kappa shape index (κ3) is 2.10. The maximum Gasteiger partial charge on any atom is 0.0926 e. The van der Waals surface area contributed by atoms with E-state index in [0.717, 1.165) is 28.5 Å². The fourth-order valence-corrected chi connectivity index (χ4v) is 1.78. The molecule has 0 unspecified atom stereocenters. The number of aryl methyl sites for hydroxylation is 1. The molecule has 0 aliphatic heterocycles. The molecule has 0 atom stereocenters. The summed E-state index contributed by atoms with van der Waals surface area (Å²) in [6.45, 7) is 3.40. The molecule has 0 radical (unpaired) electrons. The third-order valence-corrected chi connectivity index (χ3v) is 2.76. The summed E-state index contributed by atoms with van der Waals surface area (Å²) in [5.74, 6) is 0. The second-order valence-electron chi connectivity index (χ2n) is 3.55. The molecular weight excluding hydrogens is 222 g/mol. The summed E-state index contributed by atoms with van der Waals surface area (Å²) in [5.41, 5.74) is 8.71. The SMILES string of the molecule is CCn1nc(-c2ccc(Cl)cc2)cc1CN. The summed E-state index contributed by atoms with van der Waals surface area (Å²) in [6, 6.07) is 9.68. The highest BCUT2D eigenvalue weighted by Gasteiger charge is 2.06. The van der Waals surface area contributed by atoms with Crippen molar-refractivity contribution in [1.29, 1.82) is 0 Å². The smallest absolute Gasteiger partial charge is 0.0926 e. The van der Waals surface area contributed by atoms with Crippen molar-refractivity contribution in [2.75, 3.05) is 0 Å². The van der Waals surface area contributed by atoms with Gasteiger partial charge in [0, 0.05) is 23.7 Å². The first kappa shape index (κ1) is 11.2.